The third-order valence-corrected chi connectivity index (χ3v) is 3.15. The minimum atomic E-state index is 0.659. The molecule has 2 heterocycles. The largest absolute Gasteiger partial charge is 0.380 e. The summed E-state index contributed by atoms with van der Waals surface area (Å²) in [6.45, 7) is 5.46. The molecule has 2 heteroatoms. The summed E-state index contributed by atoms with van der Waals surface area (Å²) in [6, 6.07) is 0. The van der Waals surface area contributed by atoms with Crippen LogP contribution in [0.25, 0.3) is 0 Å². The monoisotopic (exact) mass is 138 g/mol. The molecule has 1 spiro atoms. The van der Waals surface area contributed by atoms with E-state index in [2.05, 4.69) is 6.82 Å². The molecular formula is C8H15BO. The van der Waals surface area contributed by atoms with Crippen LogP contribution in [0, 0.1) is 5.41 Å². The smallest absolute Gasteiger partial charge is 0.136 e. The molecule has 0 aliphatic carbocycles. The van der Waals surface area contributed by atoms with Gasteiger partial charge >= 0.3 is 0 Å². The van der Waals surface area contributed by atoms with Crippen molar-refractivity contribution in [2.45, 2.75) is 32.3 Å². The Morgan fingerprint density at radius 2 is 1.80 bits per heavy atom. The van der Waals surface area contributed by atoms with E-state index in [9.17, 15) is 0 Å². The highest BCUT2D eigenvalue weighted by atomic mass is 16.5. The number of hydrogen-bond donors (Lipinski definition) is 0. The lowest BCUT2D eigenvalue weighted by Crippen LogP contribution is -2.45. The van der Waals surface area contributed by atoms with Crippen LogP contribution in [-0.2, 0) is 4.74 Å². The molecule has 1 nitrogen and oxygen atoms in total. The molecule has 0 aromatic carbocycles. The zero-order chi connectivity index (χ0) is 7.03. The van der Waals surface area contributed by atoms with E-state index in [4.69, 9.17) is 4.74 Å². The van der Waals surface area contributed by atoms with Gasteiger partial charge in [0.05, 0.1) is 13.2 Å². The van der Waals surface area contributed by atoms with Gasteiger partial charge in [0, 0.05) is 5.41 Å². The fourth-order valence-electron chi connectivity index (χ4n) is 2.05. The molecule has 0 radical (unpaired) electrons. The van der Waals surface area contributed by atoms with E-state index in [1.54, 1.807) is 0 Å². The van der Waals surface area contributed by atoms with E-state index in [-0.39, 0.29) is 0 Å². The Kier molecular flexibility index (Phi) is 1.52. The zero-order valence-electron chi connectivity index (χ0n) is 6.73. The highest BCUT2D eigenvalue weighted by Gasteiger charge is 2.40. The Labute approximate surface area is 63.2 Å². The average Bonchev–Trinajstić information content (AvgIpc) is 1.86. The maximum atomic E-state index is 5.25. The highest BCUT2D eigenvalue weighted by molar-refractivity contribution is 6.57. The second-order valence-corrected chi connectivity index (χ2v) is 4.18. The minimum Gasteiger partial charge on any atom is -0.380 e. The second-order valence-electron chi connectivity index (χ2n) is 4.18. The van der Waals surface area contributed by atoms with Crippen molar-refractivity contribution in [2.24, 2.45) is 5.41 Å². The van der Waals surface area contributed by atoms with Gasteiger partial charge in [0.25, 0.3) is 0 Å². The van der Waals surface area contributed by atoms with Gasteiger partial charge in [-0.15, -0.1) is 0 Å². The summed E-state index contributed by atoms with van der Waals surface area (Å²) in [5, 5.41) is 0. The van der Waals surface area contributed by atoms with Gasteiger partial charge in [-0.1, -0.05) is 19.5 Å². The van der Waals surface area contributed by atoms with E-state index in [1.165, 1.54) is 25.5 Å². The maximum absolute atomic E-state index is 5.25. The van der Waals surface area contributed by atoms with Crippen LogP contribution in [0.2, 0.25) is 19.5 Å². The van der Waals surface area contributed by atoms with Crippen molar-refractivity contribution in [3.05, 3.63) is 0 Å². The molecular weight excluding hydrogens is 123 g/mol. The Bertz CT molecular complexity index is 121. The van der Waals surface area contributed by atoms with Crippen LogP contribution in [0.15, 0.2) is 0 Å². The van der Waals surface area contributed by atoms with E-state index in [0.717, 1.165) is 19.9 Å². The van der Waals surface area contributed by atoms with Crippen molar-refractivity contribution >= 4 is 6.71 Å². The summed E-state index contributed by atoms with van der Waals surface area (Å²) < 4.78 is 5.25. The summed E-state index contributed by atoms with van der Waals surface area (Å²) in [5.74, 6) is 0. The Morgan fingerprint density at radius 3 is 2.20 bits per heavy atom. The fourth-order valence-corrected chi connectivity index (χ4v) is 2.05. The minimum absolute atomic E-state index is 0.659. The van der Waals surface area contributed by atoms with Gasteiger partial charge in [0.1, 0.15) is 6.71 Å². The van der Waals surface area contributed by atoms with E-state index in [0.29, 0.717) is 5.41 Å². The molecule has 0 unspecified atom stereocenters. The van der Waals surface area contributed by atoms with Gasteiger partial charge in [0.15, 0.2) is 0 Å². The van der Waals surface area contributed by atoms with Gasteiger partial charge in [-0.2, -0.15) is 0 Å². The predicted octanol–water partition coefficient (Wildman–Crippen LogP) is 1.92. The van der Waals surface area contributed by atoms with Gasteiger partial charge < -0.3 is 4.74 Å². The first-order valence-electron chi connectivity index (χ1n) is 4.39. The molecule has 0 N–H and O–H groups in total. The summed E-state index contributed by atoms with van der Waals surface area (Å²) in [4.78, 5) is 0. The molecule has 0 aromatic rings. The first-order chi connectivity index (χ1) is 4.81. The van der Waals surface area contributed by atoms with Crippen LogP contribution in [0.3, 0.4) is 0 Å². The van der Waals surface area contributed by atoms with E-state index < -0.39 is 0 Å². The Hall–Kier alpha value is 0.0249. The van der Waals surface area contributed by atoms with Gasteiger partial charge in [0.2, 0.25) is 0 Å². The normalized spacial score (nSPS) is 30.3. The number of rotatable bonds is 0. The summed E-state index contributed by atoms with van der Waals surface area (Å²) in [6.07, 6.45) is 5.72. The van der Waals surface area contributed by atoms with Crippen molar-refractivity contribution in [1.82, 2.24) is 0 Å². The van der Waals surface area contributed by atoms with Crippen molar-refractivity contribution in [1.29, 1.82) is 0 Å². The highest BCUT2D eigenvalue weighted by Crippen LogP contribution is 2.42. The molecule has 2 rings (SSSR count). The zero-order valence-corrected chi connectivity index (χ0v) is 6.73. The third-order valence-electron chi connectivity index (χ3n) is 3.15. The van der Waals surface area contributed by atoms with Crippen LogP contribution in [0.5, 0.6) is 0 Å². The molecule has 2 aliphatic rings. The predicted molar refractivity (Wildman–Crippen MR) is 43.7 cm³/mol. The van der Waals surface area contributed by atoms with Crippen LogP contribution >= 0.6 is 0 Å². The third kappa shape index (κ3) is 0.988. The second kappa shape index (κ2) is 2.26. The molecule has 0 saturated carbocycles. The first kappa shape index (κ1) is 6.72. The van der Waals surface area contributed by atoms with E-state index >= 15 is 0 Å². The quantitative estimate of drug-likeness (QED) is 0.464. The molecule has 0 bridgehead atoms. The summed E-state index contributed by atoms with van der Waals surface area (Å²) in [5.41, 5.74) is 0.659. The molecule has 0 atom stereocenters. The van der Waals surface area contributed by atoms with Crippen LogP contribution < -0.4 is 0 Å². The van der Waals surface area contributed by atoms with Crippen molar-refractivity contribution < 1.29 is 4.74 Å². The van der Waals surface area contributed by atoms with E-state index in [1.807, 2.05) is 0 Å². The Morgan fingerprint density at radius 1 is 1.20 bits per heavy atom. The molecule has 10 heavy (non-hydrogen) atoms. The van der Waals surface area contributed by atoms with Crippen LogP contribution in [0.4, 0.5) is 0 Å². The lowest BCUT2D eigenvalue weighted by molar-refractivity contribution is -0.119. The lowest BCUT2D eigenvalue weighted by atomic mass is 9.40. The molecule has 2 saturated heterocycles. The fraction of sp³-hybridized carbons (Fsp3) is 1.00. The van der Waals surface area contributed by atoms with Crippen LogP contribution in [0.1, 0.15) is 12.8 Å². The first-order valence-corrected chi connectivity index (χ1v) is 4.39. The van der Waals surface area contributed by atoms with Gasteiger partial charge in [-0.25, -0.2) is 0 Å². The van der Waals surface area contributed by atoms with Gasteiger partial charge in [-0.3, -0.25) is 0 Å². The number of hydrogen-bond acceptors (Lipinski definition) is 1. The van der Waals surface area contributed by atoms with Crippen molar-refractivity contribution in [2.75, 3.05) is 13.2 Å². The lowest BCUT2D eigenvalue weighted by Gasteiger charge is -2.45. The maximum Gasteiger partial charge on any atom is 0.136 e. The topological polar surface area (TPSA) is 9.23 Å². The molecule has 0 amide bonds. The standard InChI is InChI=1S/C8H15BO/c1-9-4-2-8(3-5-9)6-10-7-8/h2-7H2,1H3. The average molecular weight is 138 g/mol. The van der Waals surface area contributed by atoms with Crippen LogP contribution in [-0.4, -0.2) is 19.9 Å². The molecule has 0 aromatic heterocycles. The van der Waals surface area contributed by atoms with Crippen molar-refractivity contribution in [3.8, 4) is 0 Å². The molecule has 56 valence electrons. The summed E-state index contributed by atoms with van der Waals surface area (Å²) in [7, 11) is 0. The van der Waals surface area contributed by atoms with Gasteiger partial charge in [-0.05, 0) is 12.8 Å². The SMILES string of the molecule is CB1CCC2(CC1)COC2. The molecule has 2 fully saturated rings. The number of ether oxygens (including phenoxy) is 1. The van der Waals surface area contributed by atoms with Crippen molar-refractivity contribution in [3.63, 3.8) is 0 Å². The molecule has 2 aliphatic heterocycles. The Balaban J connectivity index is 1.90. The summed E-state index contributed by atoms with van der Waals surface area (Å²) >= 11 is 0.